The Bertz CT molecular complexity index is 1190. The molecule has 4 rings (SSSR count). The Hall–Kier alpha value is -2.98. The van der Waals surface area contributed by atoms with E-state index in [1.165, 1.54) is 18.5 Å². The van der Waals surface area contributed by atoms with Crippen molar-refractivity contribution in [2.45, 2.75) is 33.1 Å². The normalized spacial score (nSPS) is 14.0. The van der Waals surface area contributed by atoms with Crippen LogP contribution in [-0.2, 0) is 0 Å². The molecule has 2 heterocycles. The summed E-state index contributed by atoms with van der Waals surface area (Å²) in [7, 11) is 0. The standard InChI is InChI=1S/C28H33ClN4/c1-5-6-10-20(3)32-14-16-33(17-15-32)21(4)22-12-13-24-25(18-22)31-28(27(30)26(24)29)23-11-8-7-9-19(23)2/h7-9,11-13,18H,3-6,10,14-17,30H2,1-2H3. The SMILES string of the molecule is C=C(CCCC)N1CCN(C(=C)c2ccc3c(Cl)c(N)c(-c4ccccc4C)nc3c2)CC1. The molecule has 1 aliphatic rings. The Morgan fingerprint density at radius 3 is 2.45 bits per heavy atom. The summed E-state index contributed by atoms with van der Waals surface area (Å²) in [5, 5.41) is 1.41. The van der Waals surface area contributed by atoms with Crippen LogP contribution in [0.4, 0.5) is 5.69 Å². The van der Waals surface area contributed by atoms with E-state index in [0.717, 1.165) is 71.6 Å². The van der Waals surface area contributed by atoms with Gasteiger partial charge in [-0.15, -0.1) is 0 Å². The number of aromatic nitrogens is 1. The molecule has 0 unspecified atom stereocenters. The van der Waals surface area contributed by atoms with Crippen molar-refractivity contribution < 1.29 is 0 Å². The van der Waals surface area contributed by atoms with Gasteiger partial charge in [0.05, 0.1) is 21.9 Å². The van der Waals surface area contributed by atoms with Crippen LogP contribution in [0.15, 0.2) is 61.3 Å². The molecule has 0 bridgehead atoms. The highest BCUT2D eigenvalue weighted by Crippen LogP contribution is 2.37. The van der Waals surface area contributed by atoms with Gasteiger partial charge < -0.3 is 15.5 Å². The van der Waals surface area contributed by atoms with E-state index < -0.39 is 0 Å². The maximum Gasteiger partial charge on any atom is 0.0956 e. The van der Waals surface area contributed by atoms with E-state index in [1.807, 2.05) is 24.3 Å². The van der Waals surface area contributed by atoms with Crippen molar-refractivity contribution in [3.63, 3.8) is 0 Å². The van der Waals surface area contributed by atoms with Crippen molar-refractivity contribution in [1.29, 1.82) is 0 Å². The lowest BCUT2D eigenvalue weighted by Crippen LogP contribution is -2.44. The molecule has 0 atom stereocenters. The Morgan fingerprint density at radius 1 is 1.06 bits per heavy atom. The summed E-state index contributed by atoms with van der Waals surface area (Å²) in [6.45, 7) is 16.8. The lowest BCUT2D eigenvalue weighted by Gasteiger charge is -2.39. The van der Waals surface area contributed by atoms with E-state index in [2.05, 4.69) is 55.0 Å². The molecule has 172 valence electrons. The van der Waals surface area contributed by atoms with Gasteiger partial charge in [0.25, 0.3) is 0 Å². The third kappa shape index (κ3) is 4.72. The van der Waals surface area contributed by atoms with Crippen LogP contribution in [0.5, 0.6) is 0 Å². The number of nitrogen functional groups attached to an aromatic ring is 1. The van der Waals surface area contributed by atoms with Gasteiger partial charge in [-0.2, -0.15) is 0 Å². The van der Waals surface area contributed by atoms with Crippen LogP contribution < -0.4 is 5.73 Å². The molecule has 1 fully saturated rings. The van der Waals surface area contributed by atoms with Crippen LogP contribution in [0.1, 0.15) is 37.3 Å². The Balaban J connectivity index is 1.58. The molecule has 2 N–H and O–H groups in total. The summed E-state index contributed by atoms with van der Waals surface area (Å²) in [5.74, 6) is 0. The first-order valence-electron chi connectivity index (χ1n) is 11.7. The highest BCUT2D eigenvalue weighted by Gasteiger charge is 2.20. The molecular weight excluding hydrogens is 428 g/mol. The second-order valence-electron chi connectivity index (χ2n) is 8.83. The summed E-state index contributed by atoms with van der Waals surface area (Å²) in [5.41, 5.74) is 13.9. The third-order valence-electron chi connectivity index (χ3n) is 6.62. The van der Waals surface area contributed by atoms with Gasteiger partial charge in [-0.05, 0) is 37.0 Å². The summed E-state index contributed by atoms with van der Waals surface area (Å²) in [6.07, 6.45) is 3.49. The predicted molar refractivity (Wildman–Crippen MR) is 142 cm³/mol. The summed E-state index contributed by atoms with van der Waals surface area (Å²) >= 11 is 6.68. The Labute approximate surface area is 202 Å². The number of pyridine rings is 1. The number of benzene rings is 2. The van der Waals surface area contributed by atoms with Crippen molar-refractivity contribution in [1.82, 2.24) is 14.8 Å². The van der Waals surface area contributed by atoms with Gasteiger partial charge in [0.15, 0.2) is 0 Å². The van der Waals surface area contributed by atoms with Gasteiger partial charge in [0.1, 0.15) is 0 Å². The number of fused-ring (bicyclic) bond motifs is 1. The maximum absolute atomic E-state index is 6.68. The van der Waals surface area contributed by atoms with Gasteiger partial charge in [-0.3, -0.25) is 0 Å². The second-order valence-corrected chi connectivity index (χ2v) is 9.20. The average molecular weight is 461 g/mol. The van der Waals surface area contributed by atoms with E-state index in [9.17, 15) is 0 Å². The fourth-order valence-corrected chi connectivity index (χ4v) is 4.73. The lowest BCUT2D eigenvalue weighted by atomic mass is 10.0. The van der Waals surface area contributed by atoms with Crippen molar-refractivity contribution in [2.24, 2.45) is 0 Å². The van der Waals surface area contributed by atoms with Gasteiger partial charge in [0.2, 0.25) is 0 Å². The number of nitrogens with two attached hydrogens (primary N) is 1. The topological polar surface area (TPSA) is 45.4 Å². The monoisotopic (exact) mass is 460 g/mol. The number of allylic oxidation sites excluding steroid dienone is 1. The van der Waals surface area contributed by atoms with Crippen LogP contribution in [0.3, 0.4) is 0 Å². The molecule has 1 saturated heterocycles. The van der Waals surface area contributed by atoms with Gasteiger partial charge in [-0.1, -0.05) is 74.5 Å². The molecule has 33 heavy (non-hydrogen) atoms. The van der Waals surface area contributed by atoms with E-state index in [4.69, 9.17) is 22.3 Å². The van der Waals surface area contributed by atoms with Crippen LogP contribution in [0, 0.1) is 6.92 Å². The number of hydrogen-bond acceptors (Lipinski definition) is 4. The number of aryl methyl sites for hydroxylation is 1. The molecule has 3 aromatic rings. The van der Waals surface area contributed by atoms with Crippen LogP contribution >= 0.6 is 11.6 Å². The molecule has 0 radical (unpaired) electrons. The minimum Gasteiger partial charge on any atom is -0.396 e. The smallest absolute Gasteiger partial charge is 0.0956 e. The summed E-state index contributed by atoms with van der Waals surface area (Å²) < 4.78 is 0. The molecule has 0 aliphatic carbocycles. The first kappa shape index (κ1) is 23.2. The van der Waals surface area contributed by atoms with Gasteiger partial charge in [0, 0.05) is 48.5 Å². The molecule has 0 saturated carbocycles. The van der Waals surface area contributed by atoms with Crippen molar-refractivity contribution in [3.05, 3.63) is 77.5 Å². The minimum absolute atomic E-state index is 0.518. The summed E-state index contributed by atoms with van der Waals surface area (Å²) in [4.78, 5) is 9.70. The van der Waals surface area contributed by atoms with E-state index in [0.29, 0.717) is 10.7 Å². The largest absolute Gasteiger partial charge is 0.396 e. The molecule has 5 heteroatoms. The fraction of sp³-hybridized carbons (Fsp3) is 0.321. The molecule has 0 amide bonds. The number of rotatable bonds is 7. The molecular formula is C28H33ClN4. The number of nitrogens with zero attached hydrogens (tertiary/aromatic N) is 3. The van der Waals surface area contributed by atoms with Crippen molar-refractivity contribution in [2.75, 3.05) is 31.9 Å². The van der Waals surface area contributed by atoms with E-state index >= 15 is 0 Å². The number of hydrogen-bond donors (Lipinski definition) is 1. The first-order valence-corrected chi connectivity index (χ1v) is 12.1. The molecule has 4 nitrogen and oxygen atoms in total. The highest BCUT2D eigenvalue weighted by atomic mass is 35.5. The number of unbranched alkanes of at least 4 members (excludes halogenated alkanes) is 1. The van der Waals surface area contributed by atoms with Crippen molar-refractivity contribution >= 4 is 33.9 Å². The van der Waals surface area contributed by atoms with Crippen LogP contribution in [0.25, 0.3) is 27.9 Å². The highest BCUT2D eigenvalue weighted by molar-refractivity contribution is 6.38. The van der Waals surface area contributed by atoms with Crippen molar-refractivity contribution in [3.8, 4) is 11.3 Å². The third-order valence-corrected chi connectivity index (χ3v) is 7.03. The van der Waals surface area contributed by atoms with E-state index in [-0.39, 0.29) is 0 Å². The average Bonchev–Trinajstić information content (AvgIpc) is 2.84. The quantitative estimate of drug-likeness (QED) is 0.424. The van der Waals surface area contributed by atoms with Crippen LogP contribution in [0.2, 0.25) is 5.02 Å². The Kier molecular flexibility index (Phi) is 6.94. The first-order chi connectivity index (χ1) is 15.9. The number of piperazine rings is 1. The number of halogens is 1. The van der Waals surface area contributed by atoms with Gasteiger partial charge >= 0.3 is 0 Å². The Morgan fingerprint density at radius 2 is 1.76 bits per heavy atom. The molecule has 0 spiro atoms. The fourth-order valence-electron chi connectivity index (χ4n) is 4.48. The molecule has 1 aliphatic heterocycles. The zero-order valence-electron chi connectivity index (χ0n) is 19.7. The lowest BCUT2D eigenvalue weighted by molar-refractivity contribution is 0.209. The summed E-state index contributed by atoms with van der Waals surface area (Å²) in [6, 6.07) is 14.3. The minimum atomic E-state index is 0.518. The van der Waals surface area contributed by atoms with Gasteiger partial charge in [-0.25, -0.2) is 4.98 Å². The zero-order valence-corrected chi connectivity index (χ0v) is 20.5. The number of anilines is 1. The second kappa shape index (κ2) is 9.88. The zero-order chi connectivity index (χ0) is 23.5. The predicted octanol–water partition coefficient (Wildman–Crippen LogP) is 6.74. The van der Waals surface area contributed by atoms with E-state index in [1.54, 1.807) is 0 Å². The molecule has 2 aromatic carbocycles. The van der Waals surface area contributed by atoms with Crippen LogP contribution in [-0.4, -0.2) is 41.0 Å². The maximum atomic E-state index is 6.68. The molecule has 1 aromatic heterocycles.